The summed E-state index contributed by atoms with van der Waals surface area (Å²) in [6.07, 6.45) is 1.52. The van der Waals surface area contributed by atoms with E-state index >= 15 is 0 Å². The molecule has 10 heavy (non-hydrogen) atoms. The Bertz CT molecular complexity index is 180. The maximum absolute atomic E-state index is 4.03. The number of nitrogens with one attached hydrogen (secondary N) is 1. The van der Waals surface area contributed by atoms with Crippen LogP contribution in [0.2, 0.25) is 0 Å². The Kier molecular flexibility index (Phi) is 2.01. The van der Waals surface area contributed by atoms with Gasteiger partial charge in [0.15, 0.2) is 0 Å². The van der Waals surface area contributed by atoms with Crippen molar-refractivity contribution >= 4 is 0 Å². The van der Waals surface area contributed by atoms with Gasteiger partial charge in [-0.3, -0.25) is 10.00 Å². The fourth-order valence-corrected chi connectivity index (χ4v) is 0.661. The lowest BCUT2D eigenvalue weighted by molar-refractivity contribution is 0.309. The summed E-state index contributed by atoms with van der Waals surface area (Å²) in [5.74, 6) is 0.907. The van der Waals surface area contributed by atoms with Crippen molar-refractivity contribution in [2.45, 2.75) is 13.0 Å². The SMILES string of the molecule is CC(c1ncn[nH]1)N(C)C. The third-order valence-electron chi connectivity index (χ3n) is 1.60. The van der Waals surface area contributed by atoms with E-state index in [1.165, 1.54) is 6.33 Å². The second-order valence-corrected chi connectivity index (χ2v) is 2.51. The van der Waals surface area contributed by atoms with Gasteiger partial charge in [0, 0.05) is 0 Å². The summed E-state index contributed by atoms with van der Waals surface area (Å²) in [5, 5.41) is 6.58. The van der Waals surface area contributed by atoms with Gasteiger partial charge in [0.25, 0.3) is 0 Å². The molecule has 0 saturated heterocycles. The fourth-order valence-electron chi connectivity index (χ4n) is 0.661. The van der Waals surface area contributed by atoms with Crippen LogP contribution in [0.1, 0.15) is 18.8 Å². The van der Waals surface area contributed by atoms with E-state index < -0.39 is 0 Å². The first kappa shape index (κ1) is 7.21. The van der Waals surface area contributed by atoms with Crippen molar-refractivity contribution in [3.8, 4) is 0 Å². The lowest BCUT2D eigenvalue weighted by Crippen LogP contribution is -2.17. The average molecular weight is 140 g/mol. The highest BCUT2D eigenvalue weighted by atomic mass is 15.2. The predicted octanol–water partition coefficient (Wildman–Crippen LogP) is 0.427. The number of aromatic amines is 1. The molecule has 1 N–H and O–H groups in total. The molecule has 1 atom stereocenters. The Hall–Kier alpha value is -0.900. The van der Waals surface area contributed by atoms with E-state index in [2.05, 4.69) is 27.0 Å². The van der Waals surface area contributed by atoms with Crippen LogP contribution in [-0.4, -0.2) is 34.2 Å². The van der Waals surface area contributed by atoms with Crippen LogP contribution in [0, 0.1) is 0 Å². The Morgan fingerprint density at radius 2 is 2.30 bits per heavy atom. The molecule has 0 bridgehead atoms. The Morgan fingerprint density at radius 1 is 1.60 bits per heavy atom. The van der Waals surface area contributed by atoms with Crippen molar-refractivity contribution in [1.82, 2.24) is 20.1 Å². The molecule has 4 heteroatoms. The van der Waals surface area contributed by atoms with Crippen molar-refractivity contribution in [3.63, 3.8) is 0 Å². The van der Waals surface area contributed by atoms with E-state index in [9.17, 15) is 0 Å². The summed E-state index contributed by atoms with van der Waals surface area (Å²) in [5.41, 5.74) is 0. The molecule has 1 heterocycles. The van der Waals surface area contributed by atoms with Gasteiger partial charge in [-0.05, 0) is 21.0 Å². The molecule has 0 aliphatic carbocycles. The van der Waals surface area contributed by atoms with Crippen LogP contribution in [0.4, 0.5) is 0 Å². The summed E-state index contributed by atoms with van der Waals surface area (Å²) in [4.78, 5) is 6.10. The molecular weight excluding hydrogens is 128 g/mol. The van der Waals surface area contributed by atoms with Crippen LogP contribution in [0.5, 0.6) is 0 Å². The predicted molar refractivity (Wildman–Crippen MR) is 38.5 cm³/mol. The summed E-state index contributed by atoms with van der Waals surface area (Å²) in [7, 11) is 4.01. The first-order valence-corrected chi connectivity index (χ1v) is 3.23. The Balaban J connectivity index is 2.68. The van der Waals surface area contributed by atoms with E-state index in [1.807, 2.05) is 14.1 Å². The van der Waals surface area contributed by atoms with Gasteiger partial charge in [-0.2, -0.15) is 5.10 Å². The lowest BCUT2D eigenvalue weighted by Gasteiger charge is -2.15. The van der Waals surface area contributed by atoms with Crippen molar-refractivity contribution in [2.75, 3.05) is 14.1 Å². The van der Waals surface area contributed by atoms with Gasteiger partial charge in [-0.25, -0.2) is 4.98 Å². The minimum atomic E-state index is 0.308. The molecule has 0 amide bonds. The number of hydrogen-bond donors (Lipinski definition) is 1. The van der Waals surface area contributed by atoms with Gasteiger partial charge in [-0.1, -0.05) is 0 Å². The Morgan fingerprint density at radius 3 is 2.70 bits per heavy atom. The van der Waals surface area contributed by atoms with Crippen molar-refractivity contribution in [2.24, 2.45) is 0 Å². The highest BCUT2D eigenvalue weighted by molar-refractivity contribution is 4.87. The molecule has 4 nitrogen and oxygen atoms in total. The zero-order chi connectivity index (χ0) is 7.56. The zero-order valence-corrected chi connectivity index (χ0v) is 6.50. The molecule has 1 aromatic heterocycles. The van der Waals surface area contributed by atoms with Gasteiger partial charge < -0.3 is 0 Å². The third kappa shape index (κ3) is 1.33. The lowest BCUT2D eigenvalue weighted by atomic mass is 10.3. The van der Waals surface area contributed by atoms with Gasteiger partial charge in [0.1, 0.15) is 12.2 Å². The van der Waals surface area contributed by atoms with Crippen LogP contribution in [-0.2, 0) is 0 Å². The minimum Gasteiger partial charge on any atom is -0.300 e. The topological polar surface area (TPSA) is 44.8 Å². The van der Waals surface area contributed by atoms with Crippen molar-refractivity contribution in [1.29, 1.82) is 0 Å². The third-order valence-corrected chi connectivity index (χ3v) is 1.60. The molecule has 1 rings (SSSR count). The van der Waals surface area contributed by atoms with E-state index in [-0.39, 0.29) is 0 Å². The number of aromatic nitrogens is 3. The van der Waals surface area contributed by atoms with Crippen LogP contribution in [0.3, 0.4) is 0 Å². The number of rotatable bonds is 2. The maximum Gasteiger partial charge on any atom is 0.141 e. The maximum atomic E-state index is 4.03. The van der Waals surface area contributed by atoms with Crippen LogP contribution in [0.15, 0.2) is 6.33 Å². The molecule has 0 aliphatic rings. The largest absolute Gasteiger partial charge is 0.300 e. The average Bonchev–Trinajstić information content (AvgIpc) is 2.36. The first-order valence-electron chi connectivity index (χ1n) is 3.23. The molecule has 0 fully saturated rings. The number of nitrogens with zero attached hydrogens (tertiary/aromatic N) is 3. The summed E-state index contributed by atoms with van der Waals surface area (Å²) < 4.78 is 0. The summed E-state index contributed by atoms with van der Waals surface area (Å²) >= 11 is 0. The molecule has 1 unspecified atom stereocenters. The fraction of sp³-hybridized carbons (Fsp3) is 0.667. The highest BCUT2D eigenvalue weighted by Crippen LogP contribution is 2.09. The molecule has 0 saturated carbocycles. The number of H-pyrrole nitrogens is 1. The normalized spacial score (nSPS) is 14.0. The molecule has 1 aromatic rings. The van der Waals surface area contributed by atoms with Gasteiger partial charge in [0.05, 0.1) is 6.04 Å². The molecule has 0 spiro atoms. The number of hydrogen-bond acceptors (Lipinski definition) is 3. The van der Waals surface area contributed by atoms with E-state index in [4.69, 9.17) is 0 Å². The quantitative estimate of drug-likeness (QED) is 0.647. The van der Waals surface area contributed by atoms with E-state index in [0.717, 1.165) is 5.82 Å². The van der Waals surface area contributed by atoms with Crippen LogP contribution < -0.4 is 0 Å². The summed E-state index contributed by atoms with van der Waals surface area (Å²) in [6.45, 7) is 2.07. The standard InChI is InChI=1S/C6H12N4/c1-5(10(2)3)6-7-4-8-9-6/h4-5H,1-3H3,(H,7,8,9). The second kappa shape index (κ2) is 2.79. The Labute approximate surface area is 60.3 Å². The molecular formula is C6H12N4. The van der Waals surface area contributed by atoms with E-state index in [1.54, 1.807) is 0 Å². The summed E-state index contributed by atoms with van der Waals surface area (Å²) in [6, 6.07) is 0.308. The second-order valence-electron chi connectivity index (χ2n) is 2.51. The molecule has 0 aromatic carbocycles. The van der Waals surface area contributed by atoms with E-state index in [0.29, 0.717) is 6.04 Å². The monoisotopic (exact) mass is 140 g/mol. The molecule has 56 valence electrons. The van der Waals surface area contributed by atoms with Gasteiger partial charge in [0.2, 0.25) is 0 Å². The first-order chi connectivity index (χ1) is 4.72. The van der Waals surface area contributed by atoms with Crippen LogP contribution in [0.25, 0.3) is 0 Å². The van der Waals surface area contributed by atoms with Crippen molar-refractivity contribution in [3.05, 3.63) is 12.2 Å². The smallest absolute Gasteiger partial charge is 0.141 e. The molecule has 0 radical (unpaired) electrons. The molecule has 0 aliphatic heterocycles. The zero-order valence-electron chi connectivity index (χ0n) is 6.50. The minimum absolute atomic E-state index is 0.308. The van der Waals surface area contributed by atoms with Gasteiger partial charge >= 0.3 is 0 Å². The van der Waals surface area contributed by atoms with Crippen LogP contribution >= 0.6 is 0 Å². The van der Waals surface area contributed by atoms with Crippen molar-refractivity contribution < 1.29 is 0 Å². The highest BCUT2D eigenvalue weighted by Gasteiger charge is 2.08. The van der Waals surface area contributed by atoms with Gasteiger partial charge in [-0.15, -0.1) is 0 Å².